The number of hydrogen-bond donors (Lipinski definition) is 0. The van der Waals surface area contributed by atoms with Gasteiger partial charge in [0.25, 0.3) is 0 Å². The molecule has 0 bridgehead atoms. The zero-order valence-corrected chi connectivity index (χ0v) is 9.91. The first-order valence-corrected chi connectivity index (χ1v) is 5.21. The van der Waals surface area contributed by atoms with Crippen LogP contribution in [-0.4, -0.2) is 13.4 Å². The summed E-state index contributed by atoms with van der Waals surface area (Å²) in [4.78, 5) is 22.0. The molecule has 4 nitrogen and oxygen atoms in total. The molecule has 16 heavy (non-hydrogen) atoms. The smallest absolute Gasteiger partial charge is 0.347 e. The molecular weight excluding hydrogens is 276 g/mol. The molecule has 0 spiro atoms. The predicted octanol–water partition coefficient (Wildman–Crippen LogP) is 2.38. The minimum atomic E-state index is -0.664. The molecule has 2 rings (SSSR count). The summed E-state index contributed by atoms with van der Waals surface area (Å²) in [6.45, 7) is 0. The van der Waals surface area contributed by atoms with Crippen molar-refractivity contribution >= 4 is 33.2 Å². The highest BCUT2D eigenvalue weighted by Crippen LogP contribution is 2.29. The zero-order valence-electron chi connectivity index (χ0n) is 8.32. The van der Waals surface area contributed by atoms with Gasteiger partial charge >= 0.3 is 5.63 Å². The molecule has 0 unspecified atom stereocenters. The van der Waals surface area contributed by atoms with Crippen LogP contribution in [0.15, 0.2) is 31.9 Å². The number of hydrogen-bond acceptors (Lipinski definition) is 4. The normalized spacial score (nSPS) is 10.4. The van der Waals surface area contributed by atoms with Gasteiger partial charge in [-0.15, -0.1) is 0 Å². The maximum absolute atomic E-state index is 11.4. The van der Waals surface area contributed by atoms with E-state index in [0.29, 0.717) is 23.0 Å². The van der Waals surface area contributed by atoms with Crippen molar-refractivity contribution in [1.29, 1.82) is 0 Å². The summed E-state index contributed by atoms with van der Waals surface area (Å²) in [6, 6.07) is 4.90. The van der Waals surface area contributed by atoms with Crippen LogP contribution in [0.1, 0.15) is 10.4 Å². The molecule has 0 aliphatic carbocycles. The number of rotatable bonds is 2. The van der Waals surface area contributed by atoms with Crippen molar-refractivity contribution in [3.8, 4) is 5.75 Å². The van der Waals surface area contributed by atoms with E-state index in [0.717, 1.165) is 4.47 Å². The molecule has 0 saturated heterocycles. The highest BCUT2D eigenvalue weighted by molar-refractivity contribution is 9.10. The lowest BCUT2D eigenvalue weighted by Gasteiger charge is -2.04. The van der Waals surface area contributed by atoms with Gasteiger partial charge in [-0.2, -0.15) is 0 Å². The zero-order chi connectivity index (χ0) is 11.7. The summed E-state index contributed by atoms with van der Waals surface area (Å²) < 4.78 is 10.9. The van der Waals surface area contributed by atoms with E-state index in [9.17, 15) is 9.59 Å². The van der Waals surface area contributed by atoms with Crippen LogP contribution in [0.4, 0.5) is 0 Å². The second kappa shape index (κ2) is 4.09. The SMILES string of the molecule is COc1cc(Br)cc2cc(C=O)c(=O)oc12. The van der Waals surface area contributed by atoms with Crippen LogP contribution in [0, 0.1) is 0 Å². The maximum atomic E-state index is 11.4. The number of carbonyl (C=O) groups is 1. The molecule has 82 valence electrons. The lowest BCUT2D eigenvalue weighted by Crippen LogP contribution is -2.06. The van der Waals surface area contributed by atoms with E-state index in [-0.39, 0.29) is 5.56 Å². The summed E-state index contributed by atoms with van der Waals surface area (Å²) in [5, 5.41) is 0.632. The third-order valence-corrected chi connectivity index (χ3v) is 2.59. The molecule has 0 atom stereocenters. The van der Waals surface area contributed by atoms with Crippen LogP contribution in [0.3, 0.4) is 0 Å². The Morgan fingerprint density at radius 2 is 2.12 bits per heavy atom. The number of benzene rings is 1. The molecule has 0 fully saturated rings. The van der Waals surface area contributed by atoms with Crippen molar-refractivity contribution in [3.05, 3.63) is 38.7 Å². The van der Waals surface area contributed by atoms with Crippen LogP contribution in [0.25, 0.3) is 11.0 Å². The lowest BCUT2D eigenvalue weighted by atomic mass is 10.2. The molecule has 1 aromatic heterocycles. The van der Waals surface area contributed by atoms with E-state index in [4.69, 9.17) is 9.15 Å². The molecule has 0 amide bonds. The fourth-order valence-corrected chi connectivity index (χ4v) is 1.87. The van der Waals surface area contributed by atoms with Gasteiger partial charge in [0, 0.05) is 9.86 Å². The van der Waals surface area contributed by atoms with Crippen molar-refractivity contribution in [2.24, 2.45) is 0 Å². The van der Waals surface area contributed by atoms with Gasteiger partial charge in [-0.25, -0.2) is 4.79 Å². The van der Waals surface area contributed by atoms with Gasteiger partial charge in [-0.1, -0.05) is 15.9 Å². The van der Waals surface area contributed by atoms with Crippen molar-refractivity contribution in [3.63, 3.8) is 0 Å². The van der Waals surface area contributed by atoms with Crippen LogP contribution in [0.2, 0.25) is 0 Å². The van der Waals surface area contributed by atoms with Crippen LogP contribution in [0.5, 0.6) is 5.75 Å². The van der Waals surface area contributed by atoms with Gasteiger partial charge < -0.3 is 9.15 Å². The van der Waals surface area contributed by atoms with E-state index >= 15 is 0 Å². The molecule has 2 aromatic rings. The molecule has 1 heterocycles. The van der Waals surface area contributed by atoms with Gasteiger partial charge in [0.05, 0.1) is 7.11 Å². The Bertz CT molecular complexity index is 615. The first-order chi connectivity index (χ1) is 7.65. The number of carbonyl (C=O) groups excluding carboxylic acids is 1. The average molecular weight is 283 g/mol. The van der Waals surface area contributed by atoms with E-state index < -0.39 is 5.63 Å². The fraction of sp³-hybridized carbons (Fsp3) is 0.0909. The Kier molecular flexibility index (Phi) is 2.78. The van der Waals surface area contributed by atoms with Crippen molar-refractivity contribution in [2.75, 3.05) is 7.11 Å². The molecule has 0 aliphatic rings. The third-order valence-electron chi connectivity index (χ3n) is 2.14. The van der Waals surface area contributed by atoms with Gasteiger partial charge in [0.15, 0.2) is 17.6 Å². The topological polar surface area (TPSA) is 56.5 Å². The van der Waals surface area contributed by atoms with Gasteiger partial charge in [-0.3, -0.25) is 4.79 Å². The number of methoxy groups -OCH3 is 1. The number of aldehydes is 1. The number of ether oxygens (including phenoxy) is 1. The molecule has 0 aliphatic heterocycles. The Labute approximate surface area is 99.0 Å². The number of fused-ring (bicyclic) bond motifs is 1. The van der Waals surface area contributed by atoms with Crippen LogP contribution >= 0.6 is 15.9 Å². The minimum absolute atomic E-state index is 0.00680. The monoisotopic (exact) mass is 282 g/mol. The summed E-state index contributed by atoms with van der Waals surface area (Å²) in [7, 11) is 1.48. The van der Waals surface area contributed by atoms with Gasteiger partial charge in [-0.05, 0) is 18.2 Å². The average Bonchev–Trinajstić information content (AvgIpc) is 2.28. The molecular formula is C11H7BrO4. The van der Waals surface area contributed by atoms with Crippen LogP contribution < -0.4 is 10.4 Å². The first-order valence-electron chi connectivity index (χ1n) is 4.42. The Hall–Kier alpha value is -1.62. The van der Waals surface area contributed by atoms with Crippen LogP contribution in [-0.2, 0) is 0 Å². The van der Waals surface area contributed by atoms with Gasteiger partial charge in [0.2, 0.25) is 0 Å². The first kappa shape index (κ1) is 10.9. The second-order valence-corrected chi connectivity index (χ2v) is 4.05. The third kappa shape index (κ3) is 1.74. The summed E-state index contributed by atoms with van der Waals surface area (Å²) in [5.41, 5.74) is -0.336. The highest BCUT2D eigenvalue weighted by atomic mass is 79.9. The molecule has 5 heteroatoms. The Morgan fingerprint density at radius 3 is 2.75 bits per heavy atom. The molecule has 1 aromatic carbocycles. The van der Waals surface area contributed by atoms with E-state index in [1.54, 1.807) is 12.1 Å². The summed E-state index contributed by atoms with van der Waals surface area (Å²) >= 11 is 3.30. The minimum Gasteiger partial charge on any atom is -0.493 e. The second-order valence-electron chi connectivity index (χ2n) is 3.13. The molecule has 0 N–H and O–H groups in total. The van der Waals surface area contributed by atoms with E-state index in [2.05, 4.69) is 15.9 Å². The number of halogens is 1. The maximum Gasteiger partial charge on any atom is 0.347 e. The van der Waals surface area contributed by atoms with Crippen molar-refractivity contribution in [2.45, 2.75) is 0 Å². The van der Waals surface area contributed by atoms with E-state index in [1.807, 2.05) is 0 Å². The van der Waals surface area contributed by atoms with Gasteiger partial charge in [0.1, 0.15) is 5.56 Å². The quantitative estimate of drug-likeness (QED) is 0.627. The Balaban J connectivity index is 2.89. The predicted molar refractivity (Wildman–Crippen MR) is 62.1 cm³/mol. The lowest BCUT2D eigenvalue weighted by molar-refractivity contribution is 0.112. The standard InChI is InChI=1S/C11H7BrO4/c1-15-9-4-8(12)3-6-2-7(5-13)11(14)16-10(6)9/h2-5H,1H3. The highest BCUT2D eigenvalue weighted by Gasteiger charge is 2.09. The summed E-state index contributed by atoms with van der Waals surface area (Å²) in [5.74, 6) is 0.443. The summed E-state index contributed by atoms with van der Waals surface area (Å²) in [6.07, 6.45) is 0.471. The van der Waals surface area contributed by atoms with Crippen molar-refractivity contribution in [1.82, 2.24) is 0 Å². The molecule has 0 saturated carbocycles. The Morgan fingerprint density at radius 1 is 1.38 bits per heavy atom. The van der Waals surface area contributed by atoms with Crippen molar-refractivity contribution < 1.29 is 13.9 Å². The van der Waals surface area contributed by atoms with E-state index in [1.165, 1.54) is 13.2 Å². The fourth-order valence-electron chi connectivity index (χ4n) is 1.42. The largest absolute Gasteiger partial charge is 0.493 e. The molecule has 0 radical (unpaired) electrons.